The van der Waals surface area contributed by atoms with Crippen molar-refractivity contribution in [3.05, 3.63) is 70.9 Å². The molecule has 3 aromatic rings. The first-order valence-corrected chi connectivity index (χ1v) is 11.1. The van der Waals surface area contributed by atoms with Crippen molar-refractivity contribution in [2.75, 3.05) is 24.4 Å². The summed E-state index contributed by atoms with van der Waals surface area (Å²) in [6.45, 7) is 0.245. The summed E-state index contributed by atoms with van der Waals surface area (Å²) >= 11 is 1.49. The quantitative estimate of drug-likeness (QED) is 0.506. The summed E-state index contributed by atoms with van der Waals surface area (Å²) in [6, 6.07) is 16.0. The third-order valence-corrected chi connectivity index (χ3v) is 6.17. The highest BCUT2D eigenvalue weighted by atomic mass is 32.1. The molecule has 1 atom stereocenters. The van der Waals surface area contributed by atoms with E-state index in [0.29, 0.717) is 22.9 Å². The molecule has 2 heterocycles. The number of hydrogen-bond donors (Lipinski definition) is 1. The lowest BCUT2D eigenvalue weighted by atomic mass is 10.1. The lowest BCUT2D eigenvalue weighted by Gasteiger charge is -2.21. The minimum Gasteiger partial charge on any atom is -0.497 e. The molecule has 170 valence electrons. The normalized spacial score (nSPS) is 15.6. The molecule has 0 bridgehead atoms. The van der Waals surface area contributed by atoms with Crippen LogP contribution in [0.1, 0.15) is 11.3 Å². The largest absolute Gasteiger partial charge is 0.497 e. The zero-order valence-corrected chi connectivity index (χ0v) is 19.0. The molecule has 1 aliphatic rings. The molecule has 1 aliphatic heterocycles. The summed E-state index contributed by atoms with van der Waals surface area (Å²) in [6.07, 6.45) is -0.158. The molecule has 33 heavy (non-hydrogen) atoms. The molecule has 0 radical (unpaired) electrons. The summed E-state index contributed by atoms with van der Waals surface area (Å²) in [4.78, 5) is 42.9. The molecule has 0 unspecified atom stereocenters. The Morgan fingerprint density at radius 2 is 1.61 bits per heavy atom. The zero-order valence-electron chi connectivity index (χ0n) is 18.2. The third-order valence-electron chi connectivity index (χ3n) is 5.31. The number of ether oxygens (including phenoxy) is 2. The molecule has 0 spiro atoms. The lowest BCUT2D eigenvalue weighted by Crippen LogP contribution is -2.37. The molecule has 9 heteroatoms. The van der Waals surface area contributed by atoms with E-state index in [0.717, 1.165) is 9.78 Å². The van der Waals surface area contributed by atoms with E-state index in [-0.39, 0.29) is 18.9 Å². The summed E-state index contributed by atoms with van der Waals surface area (Å²) < 4.78 is 10.3. The predicted molar refractivity (Wildman–Crippen MR) is 126 cm³/mol. The average molecular weight is 466 g/mol. The van der Waals surface area contributed by atoms with Crippen molar-refractivity contribution >= 4 is 40.6 Å². The van der Waals surface area contributed by atoms with Crippen molar-refractivity contribution in [1.29, 1.82) is 0 Å². The van der Waals surface area contributed by atoms with Crippen LogP contribution in [0.15, 0.2) is 66.0 Å². The first-order chi connectivity index (χ1) is 16.0. The number of carbonyl (C=O) groups excluding carboxylic acids is 3. The number of rotatable bonds is 8. The van der Waals surface area contributed by atoms with Crippen LogP contribution in [0.5, 0.6) is 11.5 Å². The van der Waals surface area contributed by atoms with Gasteiger partial charge in [0.2, 0.25) is 5.91 Å². The fraction of sp³-hybridized carbons (Fsp3) is 0.208. The number of amides is 4. The van der Waals surface area contributed by atoms with Gasteiger partial charge in [-0.25, -0.2) is 9.69 Å². The van der Waals surface area contributed by atoms with E-state index in [1.165, 1.54) is 16.2 Å². The Morgan fingerprint density at radius 1 is 0.970 bits per heavy atom. The first kappa shape index (κ1) is 22.3. The van der Waals surface area contributed by atoms with Gasteiger partial charge in [0, 0.05) is 10.6 Å². The summed E-state index contributed by atoms with van der Waals surface area (Å²) in [5.74, 6) is 0.483. The molecule has 0 saturated carbocycles. The Balaban J connectivity index is 1.56. The fourth-order valence-electron chi connectivity index (χ4n) is 3.62. The van der Waals surface area contributed by atoms with Gasteiger partial charge in [-0.15, -0.1) is 11.3 Å². The van der Waals surface area contributed by atoms with Gasteiger partial charge in [0.25, 0.3) is 5.91 Å². The van der Waals surface area contributed by atoms with Crippen molar-refractivity contribution < 1.29 is 23.9 Å². The van der Waals surface area contributed by atoms with Crippen LogP contribution in [0, 0.1) is 0 Å². The van der Waals surface area contributed by atoms with E-state index < -0.39 is 18.0 Å². The number of nitrogens with zero attached hydrogens (tertiary/aromatic N) is 2. The number of methoxy groups -OCH3 is 2. The van der Waals surface area contributed by atoms with Gasteiger partial charge in [0.15, 0.2) is 0 Å². The van der Waals surface area contributed by atoms with Gasteiger partial charge in [-0.1, -0.05) is 6.07 Å². The molecule has 1 N–H and O–H groups in total. The molecule has 4 amide bonds. The second-order valence-electron chi connectivity index (χ2n) is 7.36. The number of imide groups is 1. The van der Waals surface area contributed by atoms with Crippen molar-refractivity contribution in [2.24, 2.45) is 0 Å². The summed E-state index contributed by atoms with van der Waals surface area (Å²) in [5, 5.41) is 4.69. The Bertz CT molecular complexity index is 1130. The van der Waals surface area contributed by atoms with Crippen LogP contribution in [-0.2, 0) is 16.1 Å². The molecule has 2 aromatic carbocycles. The zero-order chi connectivity index (χ0) is 23.4. The van der Waals surface area contributed by atoms with E-state index in [1.807, 2.05) is 17.5 Å². The van der Waals surface area contributed by atoms with Crippen molar-refractivity contribution in [3.63, 3.8) is 0 Å². The van der Waals surface area contributed by atoms with Gasteiger partial charge in [0.1, 0.15) is 17.5 Å². The maximum absolute atomic E-state index is 13.3. The van der Waals surface area contributed by atoms with Crippen LogP contribution in [0.25, 0.3) is 0 Å². The van der Waals surface area contributed by atoms with Crippen molar-refractivity contribution in [2.45, 2.75) is 19.0 Å². The van der Waals surface area contributed by atoms with Crippen LogP contribution in [0.3, 0.4) is 0 Å². The maximum atomic E-state index is 13.3. The highest BCUT2D eigenvalue weighted by molar-refractivity contribution is 7.09. The number of nitrogens with one attached hydrogen (secondary N) is 1. The molecular weight excluding hydrogens is 442 g/mol. The van der Waals surface area contributed by atoms with Crippen LogP contribution in [-0.4, -0.2) is 43.0 Å². The third kappa shape index (κ3) is 4.83. The number of benzene rings is 2. The minimum absolute atomic E-state index is 0.158. The van der Waals surface area contributed by atoms with E-state index in [4.69, 9.17) is 9.47 Å². The first-order valence-electron chi connectivity index (χ1n) is 10.2. The number of anilines is 2. The highest BCUT2D eigenvalue weighted by Gasteiger charge is 2.46. The molecule has 4 rings (SSSR count). The SMILES string of the molecule is COc1ccc(NC(=O)C[C@H]2C(=O)N(c3ccc(OC)cc3)C(=O)N2Cc2cccs2)cc1. The van der Waals surface area contributed by atoms with E-state index in [2.05, 4.69) is 5.32 Å². The molecule has 8 nitrogen and oxygen atoms in total. The molecule has 1 aromatic heterocycles. The van der Waals surface area contributed by atoms with Gasteiger partial charge in [0.05, 0.1) is 32.9 Å². The van der Waals surface area contributed by atoms with Crippen LogP contribution in [0.4, 0.5) is 16.2 Å². The van der Waals surface area contributed by atoms with Crippen molar-refractivity contribution in [1.82, 2.24) is 4.90 Å². The van der Waals surface area contributed by atoms with Gasteiger partial charge in [-0.05, 0) is 60.0 Å². The van der Waals surface area contributed by atoms with Gasteiger partial charge < -0.3 is 19.7 Å². The topological polar surface area (TPSA) is 88.2 Å². The number of thiophene rings is 1. The monoisotopic (exact) mass is 465 g/mol. The van der Waals surface area contributed by atoms with Gasteiger partial charge >= 0.3 is 6.03 Å². The smallest absolute Gasteiger partial charge is 0.332 e. The second kappa shape index (κ2) is 9.74. The standard InChI is InChI=1S/C24H23N3O5S/c1-31-18-9-5-16(6-10-18)25-22(28)14-21-23(29)27(17-7-11-19(32-2)12-8-17)24(30)26(21)15-20-4-3-13-33-20/h3-13,21H,14-15H2,1-2H3,(H,25,28)/t21-/m0/s1. The van der Waals surface area contributed by atoms with Gasteiger partial charge in [-0.3, -0.25) is 9.59 Å². The minimum atomic E-state index is -0.917. The number of urea groups is 1. The fourth-order valence-corrected chi connectivity index (χ4v) is 4.32. The Labute approximate surface area is 195 Å². The Hall–Kier alpha value is -3.85. The van der Waals surface area contributed by atoms with Crippen LogP contribution < -0.4 is 19.7 Å². The summed E-state index contributed by atoms with van der Waals surface area (Å²) in [5.41, 5.74) is 1.01. The molecule has 0 aliphatic carbocycles. The Morgan fingerprint density at radius 3 is 2.18 bits per heavy atom. The molecule has 1 saturated heterocycles. The van der Waals surface area contributed by atoms with E-state index in [1.54, 1.807) is 62.8 Å². The number of hydrogen-bond acceptors (Lipinski definition) is 6. The van der Waals surface area contributed by atoms with Crippen LogP contribution in [0.2, 0.25) is 0 Å². The predicted octanol–water partition coefficient (Wildman–Crippen LogP) is 4.13. The maximum Gasteiger partial charge on any atom is 0.332 e. The Kier molecular flexibility index (Phi) is 6.60. The van der Waals surface area contributed by atoms with Crippen molar-refractivity contribution in [3.8, 4) is 11.5 Å². The van der Waals surface area contributed by atoms with Crippen LogP contribution >= 0.6 is 11.3 Å². The lowest BCUT2D eigenvalue weighted by molar-refractivity contribution is -0.124. The average Bonchev–Trinajstić information content (AvgIpc) is 3.42. The number of carbonyl (C=O) groups is 3. The molecular formula is C24H23N3O5S. The van der Waals surface area contributed by atoms with E-state index in [9.17, 15) is 14.4 Å². The summed E-state index contributed by atoms with van der Waals surface area (Å²) in [7, 11) is 3.11. The van der Waals surface area contributed by atoms with Gasteiger partial charge in [-0.2, -0.15) is 0 Å². The second-order valence-corrected chi connectivity index (χ2v) is 8.39. The van der Waals surface area contributed by atoms with E-state index >= 15 is 0 Å². The molecule has 1 fully saturated rings. The highest BCUT2D eigenvalue weighted by Crippen LogP contribution is 2.30.